The molecule has 0 bridgehead atoms. The molecule has 0 aliphatic carbocycles. The van der Waals surface area contributed by atoms with E-state index in [1.807, 2.05) is 0 Å². The van der Waals surface area contributed by atoms with Gasteiger partial charge in [-0.2, -0.15) is 0 Å². The van der Waals surface area contributed by atoms with Crippen LogP contribution in [0.1, 0.15) is 13.8 Å². The van der Waals surface area contributed by atoms with Crippen molar-refractivity contribution in [2.24, 2.45) is 10.9 Å². The molecule has 0 aromatic heterocycles. The van der Waals surface area contributed by atoms with Crippen LogP contribution in [0.4, 0.5) is 0 Å². The van der Waals surface area contributed by atoms with Crippen molar-refractivity contribution >= 4 is 5.84 Å². The van der Waals surface area contributed by atoms with Crippen LogP contribution in [-0.4, -0.2) is 24.5 Å². The SMILES string of the molecule is CC(C)C1=NCC2OC=CC2N1. The van der Waals surface area contributed by atoms with Crippen LogP contribution < -0.4 is 5.32 Å². The number of rotatable bonds is 1. The molecule has 66 valence electrons. The third-order valence-electron chi connectivity index (χ3n) is 2.24. The van der Waals surface area contributed by atoms with Crippen LogP contribution in [0.5, 0.6) is 0 Å². The summed E-state index contributed by atoms with van der Waals surface area (Å²) in [5, 5.41) is 3.35. The average molecular weight is 166 g/mol. The largest absolute Gasteiger partial charge is 0.494 e. The van der Waals surface area contributed by atoms with Gasteiger partial charge in [0.15, 0.2) is 0 Å². The Morgan fingerprint density at radius 1 is 1.67 bits per heavy atom. The van der Waals surface area contributed by atoms with Gasteiger partial charge in [0.1, 0.15) is 6.10 Å². The molecule has 0 fully saturated rings. The molecule has 1 N–H and O–H groups in total. The number of hydrogen-bond donors (Lipinski definition) is 1. The van der Waals surface area contributed by atoms with E-state index < -0.39 is 0 Å². The van der Waals surface area contributed by atoms with Crippen LogP contribution in [0.2, 0.25) is 0 Å². The quantitative estimate of drug-likeness (QED) is 0.628. The lowest BCUT2D eigenvalue weighted by molar-refractivity contribution is 0.154. The summed E-state index contributed by atoms with van der Waals surface area (Å²) in [6.07, 6.45) is 4.05. The van der Waals surface area contributed by atoms with Gasteiger partial charge in [-0.3, -0.25) is 4.99 Å². The lowest BCUT2D eigenvalue weighted by atomic mass is 10.1. The van der Waals surface area contributed by atoms with Crippen LogP contribution in [0, 0.1) is 5.92 Å². The van der Waals surface area contributed by atoms with Crippen molar-refractivity contribution in [1.82, 2.24) is 5.32 Å². The fraction of sp³-hybridized carbons (Fsp3) is 0.667. The Kier molecular flexibility index (Phi) is 1.79. The van der Waals surface area contributed by atoms with Crippen LogP contribution in [-0.2, 0) is 4.74 Å². The first-order valence-electron chi connectivity index (χ1n) is 4.40. The number of amidine groups is 1. The Bertz CT molecular complexity index is 233. The molecule has 0 spiro atoms. The maximum atomic E-state index is 5.33. The van der Waals surface area contributed by atoms with E-state index >= 15 is 0 Å². The van der Waals surface area contributed by atoms with Gasteiger partial charge in [-0.15, -0.1) is 0 Å². The minimum Gasteiger partial charge on any atom is -0.494 e. The summed E-state index contributed by atoms with van der Waals surface area (Å²) in [5.74, 6) is 1.59. The minimum atomic E-state index is 0.229. The van der Waals surface area contributed by atoms with E-state index in [1.165, 1.54) is 0 Å². The summed E-state index contributed by atoms with van der Waals surface area (Å²) in [6, 6.07) is 0.347. The van der Waals surface area contributed by atoms with Gasteiger partial charge in [-0.05, 0) is 6.08 Å². The Morgan fingerprint density at radius 3 is 3.25 bits per heavy atom. The molecule has 2 heterocycles. The lowest BCUT2D eigenvalue weighted by Crippen LogP contribution is -2.47. The highest BCUT2D eigenvalue weighted by Crippen LogP contribution is 2.15. The monoisotopic (exact) mass is 166 g/mol. The topological polar surface area (TPSA) is 33.6 Å². The zero-order valence-corrected chi connectivity index (χ0v) is 7.45. The molecule has 2 aliphatic heterocycles. The standard InChI is InChI=1S/C9H14N2O/c1-6(2)9-10-5-8-7(11-9)3-4-12-8/h3-4,6-8H,5H2,1-2H3,(H,10,11). The molecular formula is C9H14N2O. The molecule has 0 saturated heterocycles. The van der Waals surface area contributed by atoms with Gasteiger partial charge in [-0.25, -0.2) is 0 Å². The Balaban J connectivity index is 2.08. The molecule has 0 saturated carbocycles. The summed E-state index contributed by atoms with van der Waals surface area (Å²) in [4.78, 5) is 4.41. The Morgan fingerprint density at radius 2 is 2.50 bits per heavy atom. The second-order valence-electron chi connectivity index (χ2n) is 3.55. The third-order valence-corrected chi connectivity index (χ3v) is 2.24. The number of nitrogens with one attached hydrogen (secondary N) is 1. The van der Waals surface area contributed by atoms with E-state index in [2.05, 4.69) is 30.2 Å². The number of ether oxygens (including phenoxy) is 1. The number of fused-ring (bicyclic) bond motifs is 1. The number of hydrogen-bond acceptors (Lipinski definition) is 3. The van der Waals surface area contributed by atoms with E-state index in [9.17, 15) is 0 Å². The zero-order chi connectivity index (χ0) is 8.55. The summed E-state index contributed by atoms with van der Waals surface area (Å²) in [5.41, 5.74) is 0. The predicted octanol–water partition coefficient (Wildman–Crippen LogP) is 0.925. The molecule has 3 heteroatoms. The van der Waals surface area contributed by atoms with Crippen molar-refractivity contribution in [3.05, 3.63) is 12.3 Å². The highest BCUT2D eigenvalue weighted by molar-refractivity contribution is 5.85. The number of nitrogens with zero attached hydrogens (tertiary/aromatic N) is 1. The summed E-state index contributed by atoms with van der Waals surface area (Å²) in [6.45, 7) is 5.08. The van der Waals surface area contributed by atoms with Gasteiger partial charge < -0.3 is 10.1 Å². The molecule has 2 aliphatic rings. The Hall–Kier alpha value is -0.990. The van der Waals surface area contributed by atoms with Gasteiger partial charge >= 0.3 is 0 Å². The van der Waals surface area contributed by atoms with Gasteiger partial charge in [0, 0.05) is 5.92 Å². The molecule has 0 aromatic rings. The summed E-state index contributed by atoms with van der Waals surface area (Å²) in [7, 11) is 0. The predicted molar refractivity (Wildman–Crippen MR) is 48.1 cm³/mol. The first-order chi connectivity index (χ1) is 5.77. The van der Waals surface area contributed by atoms with Gasteiger partial charge in [0.2, 0.25) is 0 Å². The van der Waals surface area contributed by atoms with Crippen molar-refractivity contribution in [2.45, 2.75) is 26.0 Å². The molecule has 2 atom stereocenters. The molecule has 0 aromatic carbocycles. The fourth-order valence-corrected chi connectivity index (χ4v) is 1.49. The smallest absolute Gasteiger partial charge is 0.141 e. The van der Waals surface area contributed by atoms with E-state index in [1.54, 1.807) is 6.26 Å². The highest BCUT2D eigenvalue weighted by atomic mass is 16.5. The Labute approximate surface area is 72.5 Å². The maximum Gasteiger partial charge on any atom is 0.141 e. The molecule has 2 rings (SSSR count). The van der Waals surface area contributed by atoms with Crippen molar-refractivity contribution in [2.75, 3.05) is 6.54 Å². The fourth-order valence-electron chi connectivity index (χ4n) is 1.49. The zero-order valence-electron chi connectivity index (χ0n) is 7.45. The van der Waals surface area contributed by atoms with Gasteiger partial charge in [0.05, 0.1) is 24.7 Å². The average Bonchev–Trinajstić information content (AvgIpc) is 2.49. The van der Waals surface area contributed by atoms with Crippen molar-refractivity contribution in [1.29, 1.82) is 0 Å². The maximum absolute atomic E-state index is 5.33. The first kappa shape index (κ1) is 7.65. The van der Waals surface area contributed by atoms with Crippen LogP contribution in [0.3, 0.4) is 0 Å². The molecule has 3 nitrogen and oxygen atoms in total. The van der Waals surface area contributed by atoms with Gasteiger partial charge in [0.25, 0.3) is 0 Å². The lowest BCUT2D eigenvalue weighted by Gasteiger charge is -2.27. The third kappa shape index (κ3) is 1.19. The minimum absolute atomic E-state index is 0.229. The van der Waals surface area contributed by atoms with E-state index in [0.717, 1.165) is 12.4 Å². The molecular weight excluding hydrogens is 152 g/mol. The second kappa shape index (κ2) is 2.81. The van der Waals surface area contributed by atoms with Crippen LogP contribution in [0.15, 0.2) is 17.3 Å². The molecule has 0 radical (unpaired) electrons. The highest BCUT2D eigenvalue weighted by Gasteiger charge is 2.29. The van der Waals surface area contributed by atoms with Crippen molar-refractivity contribution in [3.63, 3.8) is 0 Å². The van der Waals surface area contributed by atoms with E-state index in [4.69, 9.17) is 4.74 Å². The number of aliphatic imine (C=N–C) groups is 1. The summed E-state index contributed by atoms with van der Waals surface area (Å²) >= 11 is 0. The first-order valence-corrected chi connectivity index (χ1v) is 4.40. The normalized spacial score (nSPS) is 32.4. The van der Waals surface area contributed by atoms with Gasteiger partial charge in [-0.1, -0.05) is 13.8 Å². The van der Waals surface area contributed by atoms with Crippen molar-refractivity contribution < 1.29 is 4.74 Å². The summed E-state index contributed by atoms with van der Waals surface area (Å²) < 4.78 is 5.33. The van der Waals surface area contributed by atoms with Crippen LogP contribution in [0.25, 0.3) is 0 Å². The molecule has 12 heavy (non-hydrogen) atoms. The molecule has 2 unspecified atom stereocenters. The van der Waals surface area contributed by atoms with Crippen LogP contribution >= 0.6 is 0 Å². The van der Waals surface area contributed by atoms with E-state index in [-0.39, 0.29) is 6.10 Å². The second-order valence-corrected chi connectivity index (χ2v) is 3.55. The van der Waals surface area contributed by atoms with E-state index in [0.29, 0.717) is 12.0 Å². The van der Waals surface area contributed by atoms with Crippen molar-refractivity contribution in [3.8, 4) is 0 Å². The molecule has 0 amide bonds.